The van der Waals surface area contributed by atoms with Gasteiger partial charge in [0.1, 0.15) is 17.4 Å². The highest BCUT2D eigenvalue weighted by Crippen LogP contribution is 2.27. The molecule has 2 fully saturated rings. The lowest BCUT2D eigenvalue weighted by Gasteiger charge is -2.32. The highest BCUT2D eigenvalue weighted by Gasteiger charge is 2.23. The van der Waals surface area contributed by atoms with Gasteiger partial charge in [0.2, 0.25) is 5.71 Å². The molecule has 4 N–H and O–H groups in total. The van der Waals surface area contributed by atoms with Crippen LogP contribution in [0.3, 0.4) is 0 Å². The van der Waals surface area contributed by atoms with Crippen molar-refractivity contribution in [1.29, 1.82) is 0 Å². The Kier molecular flexibility index (Phi) is 5.89. The Morgan fingerprint density at radius 1 is 1.07 bits per heavy atom. The van der Waals surface area contributed by atoms with Gasteiger partial charge in [-0.3, -0.25) is 4.90 Å². The molecule has 4 rings (SSSR count). The van der Waals surface area contributed by atoms with Crippen LogP contribution in [0.5, 0.6) is 0 Å². The number of aryl methyl sites for hydroxylation is 2. The average molecular weight is 401 g/mol. The van der Waals surface area contributed by atoms with Crippen molar-refractivity contribution in [3.05, 3.63) is 17.1 Å². The van der Waals surface area contributed by atoms with Crippen molar-refractivity contribution in [3.63, 3.8) is 0 Å². The first-order chi connectivity index (χ1) is 14.0. The van der Waals surface area contributed by atoms with Crippen LogP contribution in [0.15, 0.2) is 4.42 Å². The quantitative estimate of drug-likeness (QED) is 0.728. The minimum atomic E-state index is -0.0135. The Morgan fingerprint density at radius 3 is 2.41 bits per heavy atom. The highest BCUT2D eigenvalue weighted by molar-refractivity contribution is 5.88. The van der Waals surface area contributed by atoms with E-state index in [2.05, 4.69) is 25.5 Å². The molecule has 8 nitrogen and oxygen atoms in total. The number of likely N-dealkylation sites (tertiary alicyclic amines) is 1. The molecule has 1 aliphatic heterocycles. The van der Waals surface area contributed by atoms with Crippen LogP contribution in [0.25, 0.3) is 11.1 Å². The fraction of sp³-hybridized carbons (Fsp3) is 0.667. The van der Waals surface area contributed by atoms with E-state index in [9.17, 15) is 4.79 Å². The van der Waals surface area contributed by atoms with E-state index in [1.54, 1.807) is 0 Å². The molecule has 2 aliphatic rings. The van der Waals surface area contributed by atoms with Crippen molar-refractivity contribution in [2.45, 2.75) is 77.4 Å². The maximum Gasteiger partial charge on any atom is 0.315 e. The monoisotopic (exact) mass is 400 g/mol. The smallest absolute Gasteiger partial charge is 0.315 e. The highest BCUT2D eigenvalue weighted by atomic mass is 16.3. The SMILES string of the molecule is Cc1oc2nc(CN3CCC(NC(=O)NC4CCCCC4)CC3)nc(N)c2c1C. The average Bonchev–Trinajstić information content (AvgIpc) is 2.98. The Bertz CT molecular complexity index is 866. The Labute approximate surface area is 171 Å². The van der Waals surface area contributed by atoms with E-state index in [-0.39, 0.29) is 12.1 Å². The lowest BCUT2D eigenvalue weighted by atomic mass is 9.96. The van der Waals surface area contributed by atoms with Gasteiger partial charge in [-0.15, -0.1) is 0 Å². The van der Waals surface area contributed by atoms with Crippen molar-refractivity contribution in [2.75, 3.05) is 18.8 Å². The molecule has 2 aromatic heterocycles. The number of urea groups is 1. The topological polar surface area (TPSA) is 109 Å². The molecule has 1 saturated heterocycles. The first kappa shape index (κ1) is 19.9. The van der Waals surface area contributed by atoms with Gasteiger partial charge in [-0.1, -0.05) is 19.3 Å². The minimum absolute atomic E-state index is 0.0135. The van der Waals surface area contributed by atoms with Crippen molar-refractivity contribution in [2.24, 2.45) is 0 Å². The summed E-state index contributed by atoms with van der Waals surface area (Å²) in [6, 6.07) is 0.550. The van der Waals surface area contributed by atoms with Crippen LogP contribution in [0.1, 0.15) is 62.1 Å². The van der Waals surface area contributed by atoms with Gasteiger partial charge >= 0.3 is 6.03 Å². The maximum absolute atomic E-state index is 12.3. The molecule has 158 valence electrons. The van der Waals surface area contributed by atoms with Gasteiger partial charge in [0, 0.05) is 30.7 Å². The van der Waals surface area contributed by atoms with Gasteiger partial charge in [0.15, 0.2) is 0 Å². The number of anilines is 1. The number of furan rings is 1. The summed E-state index contributed by atoms with van der Waals surface area (Å²) < 4.78 is 5.73. The Hall–Kier alpha value is -2.35. The van der Waals surface area contributed by atoms with Gasteiger partial charge in [0.05, 0.1) is 11.9 Å². The Morgan fingerprint density at radius 2 is 1.72 bits per heavy atom. The summed E-state index contributed by atoms with van der Waals surface area (Å²) in [4.78, 5) is 23.6. The number of fused-ring (bicyclic) bond motifs is 1. The Balaban J connectivity index is 1.27. The van der Waals surface area contributed by atoms with Gasteiger partial charge < -0.3 is 20.8 Å². The molecule has 2 amide bonds. The van der Waals surface area contributed by atoms with Gasteiger partial charge in [-0.05, 0) is 39.5 Å². The molecule has 0 unspecified atom stereocenters. The van der Waals surface area contributed by atoms with E-state index in [1.165, 1.54) is 19.3 Å². The molecule has 1 aliphatic carbocycles. The molecule has 0 atom stereocenters. The van der Waals surface area contributed by atoms with Crippen LogP contribution < -0.4 is 16.4 Å². The van der Waals surface area contributed by atoms with E-state index in [0.717, 1.165) is 55.5 Å². The summed E-state index contributed by atoms with van der Waals surface area (Å²) in [6.45, 7) is 6.32. The van der Waals surface area contributed by atoms with Crippen LogP contribution in [0.2, 0.25) is 0 Å². The largest absolute Gasteiger partial charge is 0.443 e. The second kappa shape index (κ2) is 8.57. The number of nitrogens with one attached hydrogen (secondary N) is 2. The van der Waals surface area contributed by atoms with E-state index >= 15 is 0 Å². The molecular formula is C21H32N6O2. The number of rotatable bonds is 4. The summed E-state index contributed by atoms with van der Waals surface area (Å²) in [6.07, 6.45) is 7.79. The number of nitrogens with two attached hydrogens (primary N) is 1. The minimum Gasteiger partial charge on any atom is -0.443 e. The van der Waals surface area contributed by atoms with Crippen molar-refractivity contribution >= 4 is 22.9 Å². The summed E-state index contributed by atoms with van der Waals surface area (Å²) in [7, 11) is 0. The lowest BCUT2D eigenvalue weighted by Crippen LogP contribution is -2.50. The summed E-state index contributed by atoms with van der Waals surface area (Å²) in [5.41, 5.74) is 7.72. The van der Waals surface area contributed by atoms with Crippen molar-refractivity contribution in [3.8, 4) is 0 Å². The molecule has 0 radical (unpaired) electrons. The number of carbonyl (C=O) groups is 1. The van der Waals surface area contributed by atoms with Crippen LogP contribution in [0.4, 0.5) is 10.6 Å². The molecule has 8 heteroatoms. The van der Waals surface area contributed by atoms with Gasteiger partial charge in [-0.25, -0.2) is 9.78 Å². The number of aromatic nitrogens is 2. The zero-order valence-electron chi connectivity index (χ0n) is 17.5. The molecular weight excluding hydrogens is 368 g/mol. The number of carbonyl (C=O) groups excluding carboxylic acids is 1. The third kappa shape index (κ3) is 4.63. The third-order valence-corrected chi connectivity index (χ3v) is 6.33. The zero-order valence-corrected chi connectivity index (χ0v) is 17.5. The second-order valence-electron chi connectivity index (χ2n) is 8.49. The fourth-order valence-corrected chi connectivity index (χ4v) is 4.49. The van der Waals surface area contributed by atoms with Crippen molar-refractivity contribution < 1.29 is 9.21 Å². The molecule has 0 spiro atoms. The molecule has 0 bridgehead atoms. The molecule has 29 heavy (non-hydrogen) atoms. The number of nitrogen functional groups attached to an aromatic ring is 1. The normalized spacial score (nSPS) is 19.5. The molecule has 0 aromatic carbocycles. The molecule has 1 saturated carbocycles. The summed E-state index contributed by atoms with van der Waals surface area (Å²) in [5.74, 6) is 2.00. The second-order valence-corrected chi connectivity index (χ2v) is 8.49. The van der Waals surface area contributed by atoms with Gasteiger partial charge in [-0.2, -0.15) is 4.98 Å². The number of nitrogens with zero attached hydrogens (tertiary/aromatic N) is 3. The summed E-state index contributed by atoms with van der Waals surface area (Å²) in [5, 5.41) is 7.11. The van der Waals surface area contributed by atoms with E-state index in [0.29, 0.717) is 29.9 Å². The third-order valence-electron chi connectivity index (χ3n) is 6.33. The number of hydrogen-bond acceptors (Lipinski definition) is 6. The van der Waals surface area contributed by atoms with Crippen LogP contribution in [0, 0.1) is 13.8 Å². The number of hydrogen-bond donors (Lipinski definition) is 3. The number of amides is 2. The predicted molar refractivity (Wildman–Crippen MR) is 113 cm³/mol. The maximum atomic E-state index is 12.3. The zero-order chi connectivity index (χ0) is 20.4. The molecule has 2 aromatic rings. The van der Waals surface area contributed by atoms with Crippen LogP contribution >= 0.6 is 0 Å². The van der Waals surface area contributed by atoms with E-state index < -0.39 is 0 Å². The predicted octanol–water partition coefficient (Wildman–Crippen LogP) is 3.02. The van der Waals surface area contributed by atoms with Crippen molar-refractivity contribution in [1.82, 2.24) is 25.5 Å². The molecule has 3 heterocycles. The summed E-state index contributed by atoms with van der Waals surface area (Å²) >= 11 is 0. The fourth-order valence-electron chi connectivity index (χ4n) is 4.49. The van der Waals surface area contributed by atoms with Crippen LogP contribution in [-0.4, -0.2) is 46.1 Å². The van der Waals surface area contributed by atoms with Gasteiger partial charge in [0.25, 0.3) is 0 Å². The van der Waals surface area contributed by atoms with E-state index in [4.69, 9.17) is 10.2 Å². The van der Waals surface area contributed by atoms with E-state index in [1.807, 2.05) is 13.8 Å². The standard InChI is InChI=1S/C21H32N6O2/c1-13-14(2)29-20-18(13)19(22)25-17(26-20)12-27-10-8-16(9-11-27)24-21(28)23-15-6-4-3-5-7-15/h15-16H,3-12H2,1-2H3,(H2,22,25,26)(H2,23,24,28). The first-order valence-electron chi connectivity index (χ1n) is 10.8. The lowest BCUT2D eigenvalue weighted by molar-refractivity contribution is 0.181. The first-order valence-corrected chi connectivity index (χ1v) is 10.8. The number of piperidine rings is 1. The van der Waals surface area contributed by atoms with Crippen LogP contribution in [-0.2, 0) is 6.54 Å².